The van der Waals surface area contributed by atoms with E-state index in [2.05, 4.69) is 10.1 Å². The summed E-state index contributed by atoms with van der Waals surface area (Å²) in [6.07, 6.45) is 3.05. The highest BCUT2D eigenvalue weighted by molar-refractivity contribution is 5.95. The van der Waals surface area contributed by atoms with Gasteiger partial charge in [0.05, 0.1) is 18.5 Å². The van der Waals surface area contributed by atoms with E-state index in [0.717, 1.165) is 11.3 Å². The smallest absolute Gasteiger partial charge is 0.343 e. The number of ether oxygens (including phenoxy) is 1. The van der Waals surface area contributed by atoms with Crippen LogP contribution in [0.3, 0.4) is 0 Å². The van der Waals surface area contributed by atoms with E-state index < -0.39 is 5.97 Å². The molecule has 0 unspecified atom stereocenters. The fourth-order valence-corrected chi connectivity index (χ4v) is 2.08. The van der Waals surface area contributed by atoms with Crippen LogP contribution in [-0.2, 0) is 4.74 Å². The van der Waals surface area contributed by atoms with Crippen LogP contribution in [0.5, 0.6) is 0 Å². The Bertz CT molecular complexity index is 768. The highest BCUT2D eigenvalue weighted by atomic mass is 16.5. The van der Waals surface area contributed by atoms with Gasteiger partial charge < -0.3 is 9.84 Å². The average Bonchev–Trinajstić information content (AvgIpc) is 2.97. The number of esters is 1. The Labute approximate surface area is 120 Å². The lowest BCUT2D eigenvalue weighted by Crippen LogP contribution is -2.09. The van der Waals surface area contributed by atoms with Gasteiger partial charge in [-0.15, -0.1) is 0 Å². The third-order valence-electron chi connectivity index (χ3n) is 3.02. The Morgan fingerprint density at radius 1 is 1.24 bits per heavy atom. The van der Waals surface area contributed by atoms with Crippen molar-refractivity contribution in [1.82, 2.24) is 14.6 Å². The molecule has 0 fully saturated rings. The fourth-order valence-electron chi connectivity index (χ4n) is 2.08. The molecule has 3 rings (SSSR count). The van der Waals surface area contributed by atoms with E-state index in [1.807, 2.05) is 36.4 Å². The first-order valence-corrected chi connectivity index (χ1v) is 6.47. The first-order chi connectivity index (χ1) is 10.3. The third-order valence-corrected chi connectivity index (χ3v) is 3.02. The lowest BCUT2D eigenvalue weighted by molar-refractivity contribution is 0.0435. The zero-order valence-electron chi connectivity index (χ0n) is 11.1. The van der Waals surface area contributed by atoms with Gasteiger partial charge >= 0.3 is 5.97 Å². The second-order valence-electron chi connectivity index (χ2n) is 4.35. The molecule has 0 atom stereocenters. The van der Waals surface area contributed by atoms with Crippen LogP contribution in [0.1, 0.15) is 10.4 Å². The van der Waals surface area contributed by atoms with Crippen LogP contribution in [0.4, 0.5) is 0 Å². The van der Waals surface area contributed by atoms with Crippen molar-refractivity contribution >= 4 is 11.6 Å². The Morgan fingerprint density at radius 3 is 2.81 bits per heavy atom. The largest absolute Gasteiger partial charge is 0.460 e. The van der Waals surface area contributed by atoms with Crippen LogP contribution in [0.15, 0.2) is 48.8 Å². The standard InChI is InChI=1S/C15H13N3O3/c19-8-9-21-15(20)12-10-17-18-13(6-7-16-14(12)18)11-4-2-1-3-5-11/h1-7,10,19H,8-9H2. The summed E-state index contributed by atoms with van der Waals surface area (Å²) in [6.45, 7) is -0.262. The molecule has 0 spiro atoms. The summed E-state index contributed by atoms with van der Waals surface area (Å²) < 4.78 is 6.51. The molecule has 0 amide bonds. The normalized spacial score (nSPS) is 10.7. The lowest BCUT2D eigenvalue weighted by Gasteiger charge is -2.05. The summed E-state index contributed by atoms with van der Waals surface area (Å²) in [4.78, 5) is 16.1. The predicted octanol–water partition coefficient (Wildman–Crippen LogP) is 1.55. The van der Waals surface area contributed by atoms with Crippen molar-refractivity contribution in [2.45, 2.75) is 0 Å². The molecule has 2 heterocycles. The number of rotatable bonds is 4. The molecule has 0 aliphatic heterocycles. The maximum Gasteiger partial charge on any atom is 0.343 e. The molecule has 0 aliphatic carbocycles. The number of hydrogen-bond donors (Lipinski definition) is 1. The Balaban J connectivity index is 2.06. The number of aliphatic hydroxyl groups excluding tert-OH is 1. The number of aliphatic hydroxyl groups is 1. The summed E-state index contributed by atoms with van der Waals surface area (Å²) in [6, 6.07) is 11.5. The second-order valence-corrected chi connectivity index (χ2v) is 4.35. The minimum Gasteiger partial charge on any atom is -0.460 e. The van der Waals surface area contributed by atoms with E-state index in [4.69, 9.17) is 9.84 Å². The number of nitrogens with zero attached hydrogens (tertiary/aromatic N) is 3. The van der Waals surface area contributed by atoms with Gasteiger partial charge in [0.15, 0.2) is 5.65 Å². The van der Waals surface area contributed by atoms with Crippen LogP contribution in [-0.4, -0.2) is 38.9 Å². The Hall–Kier alpha value is -2.73. The molecule has 106 valence electrons. The zero-order chi connectivity index (χ0) is 14.7. The molecule has 0 saturated heterocycles. The molecule has 2 aromatic heterocycles. The number of benzene rings is 1. The van der Waals surface area contributed by atoms with Gasteiger partial charge in [-0.25, -0.2) is 14.3 Å². The summed E-state index contributed by atoms with van der Waals surface area (Å²) in [5.74, 6) is -0.545. The van der Waals surface area contributed by atoms with E-state index in [1.54, 1.807) is 10.7 Å². The maximum absolute atomic E-state index is 11.9. The van der Waals surface area contributed by atoms with Crippen molar-refractivity contribution in [3.05, 3.63) is 54.4 Å². The number of aromatic nitrogens is 3. The molecule has 3 aromatic rings. The molecular weight excluding hydrogens is 270 g/mol. The summed E-state index contributed by atoms with van der Waals surface area (Å²) in [5, 5.41) is 12.9. The van der Waals surface area contributed by atoms with Gasteiger partial charge in [0, 0.05) is 11.8 Å². The zero-order valence-corrected chi connectivity index (χ0v) is 11.1. The molecule has 0 aliphatic rings. The molecule has 0 saturated carbocycles. The number of hydrogen-bond acceptors (Lipinski definition) is 5. The number of fused-ring (bicyclic) bond motifs is 1. The van der Waals surface area contributed by atoms with Gasteiger partial charge in [-0.1, -0.05) is 30.3 Å². The van der Waals surface area contributed by atoms with E-state index in [0.29, 0.717) is 5.65 Å². The quantitative estimate of drug-likeness (QED) is 0.735. The van der Waals surface area contributed by atoms with Gasteiger partial charge in [0.25, 0.3) is 0 Å². The molecule has 6 nitrogen and oxygen atoms in total. The summed E-state index contributed by atoms with van der Waals surface area (Å²) in [5.41, 5.74) is 2.52. The van der Waals surface area contributed by atoms with Crippen molar-refractivity contribution in [2.24, 2.45) is 0 Å². The molecule has 21 heavy (non-hydrogen) atoms. The highest BCUT2D eigenvalue weighted by Gasteiger charge is 2.17. The lowest BCUT2D eigenvalue weighted by atomic mass is 10.1. The van der Waals surface area contributed by atoms with E-state index >= 15 is 0 Å². The van der Waals surface area contributed by atoms with Crippen molar-refractivity contribution in [2.75, 3.05) is 13.2 Å². The summed E-state index contributed by atoms with van der Waals surface area (Å²) in [7, 11) is 0. The maximum atomic E-state index is 11.9. The number of carbonyl (C=O) groups is 1. The summed E-state index contributed by atoms with van der Waals surface area (Å²) >= 11 is 0. The van der Waals surface area contributed by atoms with E-state index in [1.165, 1.54) is 6.20 Å². The van der Waals surface area contributed by atoms with Crippen molar-refractivity contribution < 1.29 is 14.6 Å². The average molecular weight is 283 g/mol. The van der Waals surface area contributed by atoms with Crippen molar-refractivity contribution in [3.63, 3.8) is 0 Å². The van der Waals surface area contributed by atoms with Gasteiger partial charge in [-0.3, -0.25) is 0 Å². The molecule has 0 radical (unpaired) electrons. The van der Waals surface area contributed by atoms with Gasteiger partial charge in [0.1, 0.15) is 12.2 Å². The minimum atomic E-state index is -0.545. The van der Waals surface area contributed by atoms with E-state index in [9.17, 15) is 4.79 Å². The van der Waals surface area contributed by atoms with Crippen molar-refractivity contribution in [3.8, 4) is 11.3 Å². The van der Waals surface area contributed by atoms with Crippen LogP contribution >= 0.6 is 0 Å². The monoisotopic (exact) mass is 283 g/mol. The first-order valence-electron chi connectivity index (χ1n) is 6.47. The topological polar surface area (TPSA) is 76.7 Å². The van der Waals surface area contributed by atoms with Gasteiger partial charge in [-0.2, -0.15) is 5.10 Å². The Kier molecular flexibility index (Phi) is 3.61. The first kappa shape index (κ1) is 13.3. The third kappa shape index (κ3) is 2.48. The predicted molar refractivity (Wildman–Crippen MR) is 75.8 cm³/mol. The molecule has 1 N–H and O–H groups in total. The van der Waals surface area contributed by atoms with Crippen LogP contribution in [0.25, 0.3) is 16.9 Å². The van der Waals surface area contributed by atoms with E-state index in [-0.39, 0.29) is 18.8 Å². The molecular formula is C15H13N3O3. The van der Waals surface area contributed by atoms with Crippen LogP contribution in [0.2, 0.25) is 0 Å². The highest BCUT2D eigenvalue weighted by Crippen LogP contribution is 2.20. The fraction of sp³-hybridized carbons (Fsp3) is 0.133. The number of carbonyl (C=O) groups excluding carboxylic acids is 1. The molecule has 1 aromatic carbocycles. The van der Waals surface area contributed by atoms with Crippen LogP contribution < -0.4 is 0 Å². The minimum absolute atomic E-state index is 0.0471. The SMILES string of the molecule is O=C(OCCO)c1cnn2c(-c3ccccc3)ccnc12. The van der Waals surface area contributed by atoms with Gasteiger partial charge in [0.2, 0.25) is 0 Å². The van der Waals surface area contributed by atoms with Crippen LogP contribution in [0, 0.1) is 0 Å². The molecule has 6 heteroatoms. The van der Waals surface area contributed by atoms with Gasteiger partial charge in [-0.05, 0) is 6.07 Å². The second kappa shape index (κ2) is 5.72. The van der Waals surface area contributed by atoms with Crippen molar-refractivity contribution in [1.29, 1.82) is 0 Å². The molecule has 0 bridgehead atoms. The Morgan fingerprint density at radius 2 is 2.05 bits per heavy atom.